The van der Waals surface area contributed by atoms with Crippen LogP contribution in [0.25, 0.3) is 10.7 Å². The van der Waals surface area contributed by atoms with Gasteiger partial charge in [-0.25, -0.2) is 0 Å². The van der Waals surface area contributed by atoms with E-state index < -0.39 is 0 Å². The van der Waals surface area contributed by atoms with Gasteiger partial charge in [-0.3, -0.25) is 19.3 Å². The number of nitrogens with zero attached hydrogens (tertiary/aromatic N) is 4. The number of piperazine rings is 1. The Kier molecular flexibility index (Phi) is 5.33. The zero-order valence-corrected chi connectivity index (χ0v) is 15.9. The fraction of sp³-hybridized carbons (Fsp3) is 0.500. The van der Waals surface area contributed by atoms with Crippen LogP contribution in [0.15, 0.2) is 17.5 Å². The maximum absolute atomic E-state index is 12.7. The summed E-state index contributed by atoms with van der Waals surface area (Å²) < 4.78 is 2.17. The van der Waals surface area contributed by atoms with Crippen molar-refractivity contribution in [2.24, 2.45) is 5.92 Å². The van der Waals surface area contributed by atoms with E-state index in [0.29, 0.717) is 36.8 Å². The molecule has 0 bridgehead atoms. The molecule has 1 N–H and O–H groups in total. The molecule has 1 aliphatic heterocycles. The summed E-state index contributed by atoms with van der Waals surface area (Å²) >= 11 is 6.83. The number of aromatic nitrogens is 3. The van der Waals surface area contributed by atoms with E-state index in [0.717, 1.165) is 4.88 Å². The van der Waals surface area contributed by atoms with Crippen LogP contribution in [-0.4, -0.2) is 62.6 Å². The summed E-state index contributed by atoms with van der Waals surface area (Å²) in [5.41, 5.74) is 0. The molecule has 0 aromatic carbocycles. The van der Waals surface area contributed by atoms with E-state index in [9.17, 15) is 9.59 Å². The normalized spacial score (nSPS) is 15.0. The van der Waals surface area contributed by atoms with Gasteiger partial charge in [0, 0.05) is 32.1 Å². The van der Waals surface area contributed by atoms with Crippen molar-refractivity contribution in [1.82, 2.24) is 24.6 Å². The van der Waals surface area contributed by atoms with E-state index in [-0.39, 0.29) is 24.3 Å². The summed E-state index contributed by atoms with van der Waals surface area (Å²) in [7, 11) is 0. The van der Waals surface area contributed by atoms with Crippen LogP contribution in [0.5, 0.6) is 0 Å². The van der Waals surface area contributed by atoms with Gasteiger partial charge in [-0.2, -0.15) is 5.10 Å². The third kappa shape index (κ3) is 3.82. The van der Waals surface area contributed by atoms with Gasteiger partial charge in [0.05, 0.1) is 4.88 Å². The van der Waals surface area contributed by atoms with Crippen LogP contribution in [0.2, 0.25) is 0 Å². The van der Waals surface area contributed by atoms with Gasteiger partial charge in [0.15, 0.2) is 10.6 Å². The SMILES string of the molecule is CC(C)C(=O)N1CCN(C(=O)Cn2c(-c3cccs3)n[nH]c2=S)CC1. The van der Waals surface area contributed by atoms with Crippen molar-refractivity contribution >= 4 is 35.4 Å². The van der Waals surface area contributed by atoms with Gasteiger partial charge in [0.25, 0.3) is 0 Å². The molecule has 2 aromatic heterocycles. The molecule has 1 fully saturated rings. The first-order valence-electron chi connectivity index (χ1n) is 8.23. The van der Waals surface area contributed by atoms with Gasteiger partial charge in [-0.1, -0.05) is 19.9 Å². The highest BCUT2D eigenvalue weighted by molar-refractivity contribution is 7.71. The van der Waals surface area contributed by atoms with Crippen molar-refractivity contribution < 1.29 is 9.59 Å². The maximum atomic E-state index is 12.7. The Labute approximate surface area is 155 Å². The first-order valence-corrected chi connectivity index (χ1v) is 9.52. The van der Waals surface area contributed by atoms with Gasteiger partial charge < -0.3 is 9.80 Å². The fourth-order valence-electron chi connectivity index (χ4n) is 2.83. The first-order chi connectivity index (χ1) is 12.0. The molecule has 7 nitrogen and oxygen atoms in total. The lowest BCUT2D eigenvalue weighted by Crippen LogP contribution is -2.52. The molecule has 25 heavy (non-hydrogen) atoms. The Morgan fingerprint density at radius 1 is 1.28 bits per heavy atom. The Morgan fingerprint density at radius 2 is 1.96 bits per heavy atom. The van der Waals surface area contributed by atoms with Crippen LogP contribution in [0.1, 0.15) is 13.8 Å². The molecule has 3 heterocycles. The smallest absolute Gasteiger partial charge is 0.242 e. The van der Waals surface area contributed by atoms with E-state index in [4.69, 9.17) is 12.2 Å². The summed E-state index contributed by atoms with van der Waals surface area (Å²) in [6, 6.07) is 3.89. The van der Waals surface area contributed by atoms with Crippen LogP contribution in [0.4, 0.5) is 0 Å². The molecule has 2 aromatic rings. The molecule has 0 spiro atoms. The quantitative estimate of drug-likeness (QED) is 0.825. The summed E-state index contributed by atoms with van der Waals surface area (Å²) in [5.74, 6) is 0.804. The number of hydrogen-bond donors (Lipinski definition) is 1. The summed E-state index contributed by atoms with van der Waals surface area (Å²) in [6.07, 6.45) is 0. The van der Waals surface area contributed by atoms with Crippen molar-refractivity contribution in [3.63, 3.8) is 0 Å². The zero-order chi connectivity index (χ0) is 18.0. The molecule has 3 rings (SSSR count). The molecule has 1 aliphatic rings. The van der Waals surface area contributed by atoms with Gasteiger partial charge in [-0.15, -0.1) is 11.3 Å². The lowest BCUT2D eigenvalue weighted by atomic mass is 10.1. The zero-order valence-electron chi connectivity index (χ0n) is 14.3. The Balaban J connectivity index is 1.66. The minimum Gasteiger partial charge on any atom is -0.339 e. The number of hydrogen-bond acceptors (Lipinski definition) is 5. The number of carbonyl (C=O) groups is 2. The predicted molar refractivity (Wildman–Crippen MR) is 98.7 cm³/mol. The molecule has 2 amide bonds. The van der Waals surface area contributed by atoms with Gasteiger partial charge in [0.2, 0.25) is 11.8 Å². The molecule has 0 saturated carbocycles. The van der Waals surface area contributed by atoms with Crippen molar-refractivity contribution in [3.8, 4) is 10.7 Å². The second kappa shape index (κ2) is 7.49. The third-order valence-electron chi connectivity index (χ3n) is 4.23. The Bertz CT molecular complexity index is 801. The number of H-pyrrole nitrogens is 1. The molecular weight excluding hydrogens is 358 g/mol. The van der Waals surface area contributed by atoms with Crippen LogP contribution < -0.4 is 0 Å². The second-order valence-corrected chi connectivity index (χ2v) is 7.61. The molecule has 0 unspecified atom stereocenters. The standard InChI is InChI=1S/C16H21N5O2S2/c1-11(2)15(23)20-7-5-19(6-8-20)13(22)10-21-14(17-18-16(21)24)12-4-3-9-25-12/h3-4,9,11H,5-8,10H2,1-2H3,(H,18,24). The summed E-state index contributed by atoms with van der Waals surface area (Å²) in [5, 5.41) is 8.97. The van der Waals surface area contributed by atoms with Crippen molar-refractivity contribution in [3.05, 3.63) is 22.3 Å². The third-order valence-corrected chi connectivity index (χ3v) is 5.41. The maximum Gasteiger partial charge on any atom is 0.242 e. The number of amides is 2. The second-order valence-electron chi connectivity index (χ2n) is 6.28. The Hall–Kier alpha value is -2.00. The van der Waals surface area contributed by atoms with E-state index >= 15 is 0 Å². The highest BCUT2D eigenvalue weighted by Crippen LogP contribution is 2.22. The van der Waals surface area contributed by atoms with Gasteiger partial charge >= 0.3 is 0 Å². The van der Waals surface area contributed by atoms with Crippen molar-refractivity contribution in [2.75, 3.05) is 26.2 Å². The molecule has 134 valence electrons. The van der Waals surface area contributed by atoms with E-state index in [1.165, 1.54) is 0 Å². The van der Waals surface area contributed by atoms with E-state index in [1.54, 1.807) is 20.8 Å². The summed E-state index contributed by atoms with van der Waals surface area (Å²) in [6.45, 7) is 6.21. The van der Waals surface area contributed by atoms with Gasteiger partial charge in [0.1, 0.15) is 6.54 Å². The van der Waals surface area contributed by atoms with Crippen LogP contribution >= 0.6 is 23.6 Å². The first kappa shape index (κ1) is 17.8. The lowest BCUT2D eigenvalue weighted by molar-refractivity contribution is -0.141. The monoisotopic (exact) mass is 379 g/mol. The molecule has 9 heteroatoms. The molecule has 0 aliphatic carbocycles. The molecule has 1 saturated heterocycles. The number of rotatable bonds is 4. The predicted octanol–water partition coefficient (Wildman–Crippen LogP) is 2.00. The van der Waals surface area contributed by atoms with Crippen molar-refractivity contribution in [2.45, 2.75) is 20.4 Å². The number of aromatic amines is 1. The lowest BCUT2D eigenvalue weighted by Gasteiger charge is -2.35. The molecular formula is C16H21N5O2S2. The number of carbonyl (C=O) groups excluding carboxylic acids is 2. The molecule has 0 atom stereocenters. The fourth-order valence-corrected chi connectivity index (χ4v) is 3.75. The summed E-state index contributed by atoms with van der Waals surface area (Å²) in [4.78, 5) is 29.3. The van der Waals surface area contributed by atoms with E-state index in [1.807, 2.05) is 36.3 Å². The Morgan fingerprint density at radius 3 is 2.56 bits per heavy atom. The van der Waals surface area contributed by atoms with E-state index in [2.05, 4.69) is 10.2 Å². The van der Waals surface area contributed by atoms with Crippen molar-refractivity contribution in [1.29, 1.82) is 0 Å². The van der Waals surface area contributed by atoms with Gasteiger partial charge in [-0.05, 0) is 23.7 Å². The number of nitrogens with one attached hydrogen (secondary N) is 1. The average molecular weight is 380 g/mol. The van der Waals surface area contributed by atoms with Crippen LogP contribution in [-0.2, 0) is 16.1 Å². The van der Waals surface area contributed by atoms with Crippen LogP contribution in [0.3, 0.4) is 0 Å². The topological polar surface area (TPSA) is 74.2 Å². The van der Waals surface area contributed by atoms with Crippen LogP contribution in [0, 0.1) is 10.7 Å². The highest BCUT2D eigenvalue weighted by atomic mass is 32.1. The molecule has 0 radical (unpaired) electrons. The highest BCUT2D eigenvalue weighted by Gasteiger charge is 2.26. The number of thiophene rings is 1. The largest absolute Gasteiger partial charge is 0.339 e. The minimum absolute atomic E-state index is 0.00745. The average Bonchev–Trinajstić information content (AvgIpc) is 3.25. The minimum atomic E-state index is -0.0140.